The Labute approximate surface area is 613 Å². The number of phosphoric ester groups is 2. The minimum Gasteiger partial charge on any atom is -0.462 e. The van der Waals surface area contributed by atoms with Gasteiger partial charge >= 0.3 is 39.5 Å². The summed E-state index contributed by atoms with van der Waals surface area (Å²) >= 11 is 0. The number of aliphatic hydroxyl groups excluding tert-OH is 1. The standard InChI is InChI=1S/C81H158O17P2/c1-8-9-10-11-12-13-14-15-16-17-18-19-20-21-22-23-24-29-35-42-50-57-64-80(85)97-76(68-91-78(83)62-55-48-41-34-30-25-27-32-38-45-52-59-72(2)3)70-95-99(87,88)93-66-75(82)67-94-100(89,90)96-71-77(69-92-79(84)63-56-49-44-37-40-47-54-61-74(6)7)98-81(86)65-58-51-43-36-31-26-28-33-39-46-53-60-73(4)5/h72-77,82H,8-71H2,1-7H3,(H,87,88)(H,89,90)/t75-,76-,77-/m1/s1. The number of aliphatic hydroxyl groups is 1. The molecule has 0 fully saturated rings. The predicted molar refractivity (Wildman–Crippen MR) is 409 cm³/mol. The van der Waals surface area contributed by atoms with Crippen molar-refractivity contribution in [1.82, 2.24) is 0 Å². The van der Waals surface area contributed by atoms with Crippen molar-refractivity contribution in [1.29, 1.82) is 0 Å². The van der Waals surface area contributed by atoms with Gasteiger partial charge in [-0.2, -0.15) is 0 Å². The van der Waals surface area contributed by atoms with E-state index in [0.717, 1.165) is 108 Å². The first-order valence-corrected chi connectivity index (χ1v) is 44.8. The van der Waals surface area contributed by atoms with Gasteiger partial charge in [0.1, 0.15) is 19.3 Å². The number of hydrogen-bond acceptors (Lipinski definition) is 15. The zero-order valence-corrected chi connectivity index (χ0v) is 67.5. The summed E-state index contributed by atoms with van der Waals surface area (Å²) in [5.74, 6) is 0.127. The zero-order chi connectivity index (χ0) is 73.7. The van der Waals surface area contributed by atoms with Crippen molar-refractivity contribution in [3.63, 3.8) is 0 Å². The summed E-state index contributed by atoms with van der Waals surface area (Å²) in [5, 5.41) is 10.6. The molecule has 0 aromatic heterocycles. The SMILES string of the molecule is CCCCCCCCCCCCCCCCCCCCCCCCC(=O)O[C@H](COC(=O)CCCCCCCCCCCCCC(C)C)COP(=O)(O)OC[C@@H](O)COP(=O)(O)OC[C@@H](COC(=O)CCCCCCCCCC(C)C)OC(=O)CCCCCCCCCCCCCC(C)C. The van der Waals surface area contributed by atoms with E-state index in [0.29, 0.717) is 31.6 Å². The number of unbranched alkanes of at least 4 members (excludes halogenated alkanes) is 47. The van der Waals surface area contributed by atoms with E-state index < -0.39 is 97.5 Å². The largest absolute Gasteiger partial charge is 0.472 e. The monoisotopic (exact) mass is 1470 g/mol. The van der Waals surface area contributed by atoms with E-state index in [9.17, 15) is 43.2 Å². The highest BCUT2D eigenvalue weighted by Crippen LogP contribution is 2.45. The van der Waals surface area contributed by atoms with Gasteiger partial charge in [-0.3, -0.25) is 37.3 Å². The first-order valence-electron chi connectivity index (χ1n) is 41.8. The molecule has 17 nitrogen and oxygen atoms in total. The smallest absolute Gasteiger partial charge is 0.462 e. The third kappa shape index (κ3) is 74.3. The summed E-state index contributed by atoms with van der Waals surface area (Å²) in [6.45, 7) is 11.9. The fourth-order valence-corrected chi connectivity index (χ4v) is 14.1. The van der Waals surface area contributed by atoms with Crippen molar-refractivity contribution in [3.8, 4) is 0 Å². The second kappa shape index (κ2) is 71.3. The molecule has 3 N–H and O–H groups in total. The molecule has 0 rings (SSSR count). The predicted octanol–water partition coefficient (Wildman–Crippen LogP) is 24.1. The van der Waals surface area contributed by atoms with Gasteiger partial charge in [0.05, 0.1) is 26.4 Å². The molecular weight excluding hydrogens is 1310 g/mol. The van der Waals surface area contributed by atoms with Crippen molar-refractivity contribution in [2.75, 3.05) is 39.6 Å². The van der Waals surface area contributed by atoms with Gasteiger partial charge in [-0.15, -0.1) is 0 Å². The zero-order valence-electron chi connectivity index (χ0n) is 65.7. The first-order chi connectivity index (χ1) is 48.2. The molecule has 2 unspecified atom stereocenters. The van der Waals surface area contributed by atoms with Crippen LogP contribution in [0.2, 0.25) is 0 Å². The highest BCUT2D eigenvalue weighted by molar-refractivity contribution is 7.47. The van der Waals surface area contributed by atoms with Gasteiger partial charge in [0.15, 0.2) is 12.2 Å². The van der Waals surface area contributed by atoms with E-state index >= 15 is 0 Å². The lowest BCUT2D eigenvalue weighted by Crippen LogP contribution is -2.30. The van der Waals surface area contributed by atoms with Crippen LogP contribution in [0.15, 0.2) is 0 Å². The Hall–Kier alpha value is -1.94. The van der Waals surface area contributed by atoms with E-state index in [1.807, 2.05) is 0 Å². The van der Waals surface area contributed by atoms with Crippen LogP contribution in [-0.2, 0) is 65.4 Å². The third-order valence-corrected chi connectivity index (χ3v) is 20.8. The van der Waals surface area contributed by atoms with Gasteiger partial charge in [0.25, 0.3) is 0 Å². The van der Waals surface area contributed by atoms with Gasteiger partial charge in [-0.25, -0.2) is 9.13 Å². The fourth-order valence-electron chi connectivity index (χ4n) is 12.5. The topological polar surface area (TPSA) is 237 Å². The van der Waals surface area contributed by atoms with Crippen molar-refractivity contribution in [2.24, 2.45) is 17.8 Å². The molecule has 0 aliphatic heterocycles. The van der Waals surface area contributed by atoms with E-state index in [1.165, 1.54) is 225 Å². The van der Waals surface area contributed by atoms with Crippen molar-refractivity contribution >= 4 is 39.5 Å². The van der Waals surface area contributed by atoms with Gasteiger partial charge in [-0.1, -0.05) is 370 Å². The number of carbonyl (C=O) groups excluding carboxylic acids is 4. The molecule has 100 heavy (non-hydrogen) atoms. The molecule has 0 heterocycles. The maximum absolute atomic E-state index is 13.1. The number of ether oxygens (including phenoxy) is 4. The minimum absolute atomic E-state index is 0.106. The molecular formula is C81H158O17P2. The normalized spacial score (nSPS) is 14.0. The maximum Gasteiger partial charge on any atom is 0.472 e. The molecule has 0 radical (unpaired) electrons. The number of rotatable bonds is 79. The van der Waals surface area contributed by atoms with Gasteiger partial charge in [0, 0.05) is 25.7 Å². The highest BCUT2D eigenvalue weighted by Gasteiger charge is 2.30. The van der Waals surface area contributed by atoms with Crippen LogP contribution < -0.4 is 0 Å². The molecule has 0 aliphatic rings. The van der Waals surface area contributed by atoms with E-state index in [-0.39, 0.29) is 25.7 Å². The lowest BCUT2D eigenvalue weighted by molar-refractivity contribution is -0.161. The van der Waals surface area contributed by atoms with Crippen LogP contribution in [0.1, 0.15) is 421 Å². The summed E-state index contributed by atoms with van der Waals surface area (Å²) in [6.07, 6.45) is 59.9. The first kappa shape index (κ1) is 98.1. The Morgan fingerprint density at radius 3 is 0.680 bits per heavy atom. The van der Waals surface area contributed by atoms with Crippen molar-refractivity contribution < 1.29 is 80.2 Å². The minimum atomic E-state index is -4.96. The molecule has 0 saturated heterocycles. The summed E-state index contributed by atoms with van der Waals surface area (Å²) in [7, 11) is -9.92. The van der Waals surface area contributed by atoms with Crippen LogP contribution in [0.5, 0.6) is 0 Å². The fraction of sp³-hybridized carbons (Fsp3) is 0.951. The summed E-state index contributed by atoms with van der Waals surface area (Å²) < 4.78 is 68.7. The number of phosphoric acid groups is 2. The Balaban J connectivity index is 5.21. The van der Waals surface area contributed by atoms with Crippen LogP contribution >= 0.6 is 15.6 Å². The molecule has 0 saturated carbocycles. The molecule has 0 spiro atoms. The Morgan fingerprint density at radius 2 is 0.460 bits per heavy atom. The lowest BCUT2D eigenvalue weighted by atomic mass is 10.0. The molecule has 0 aromatic carbocycles. The van der Waals surface area contributed by atoms with Crippen molar-refractivity contribution in [2.45, 2.75) is 439 Å². The lowest BCUT2D eigenvalue weighted by Gasteiger charge is -2.21. The molecule has 0 aliphatic carbocycles. The third-order valence-electron chi connectivity index (χ3n) is 18.9. The van der Waals surface area contributed by atoms with Gasteiger partial charge < -0.3 is 33.8 Å². The second-order valence-electron chi connectivity index (χ2n) is 30.6. The van der Waals surface area contributed by atoms with Crippen LogP contribution in [0.3, 0.4) is 0 Å². The average molecular weight is 1470 g/mol. The van der Waals surface area contributed by atoms with Gasteiger partial charge in [0.2, 0.25) is 0 Å². The van der Waals surface area contributed by atoms with Crippen LogP contribution in [-0.4, -0.2) is 96.7 Å². The Kier molecular flexibility index (Phi) is 69.9. The second-order valence-corrected chi connectivity index (χ2v) is 33.5. The van der Waals surface area contributed by atoms with E-state index in [1.54, 1.807) is 0 Å². The van der Waals surface area contributed by atoms with E-state index in [2.05, 4.69) is 48.5 Å². The molecule has 594 valence electrons. The van der Waals surface area contributed by atoms with Gasteiger partial charge in [-0.05, 0) is 43.4 Å². The number of hydrogen-bond donors (Lipinski definition) is 3. The molecule has 0 bridgehead atoms. The Morgan fingerprint density at radius 1 is 0.270 bits per heavy atom. The summed E-state index contributed by atoms with van der Waals surface area (Å²) in [5.41, 5.74) is 0. The number of carbonyl (C=O) groups is 4. The Bertz CT molecular complexity index is 1940. The van der Waals surface area contributed by atoms with Crippen molar-refractivity contribution in [3.05, 3.63) is 0 Å². The van der Waals surface area contributed by atoms with Crippen LogP contribution in [0.25, 0.3) is 0 Å². The summed E-state index contributed by atoms with van der Waals surface area (Å²) in [4.78, 5) is 73.0. The number of esters is 4. The quantitative estimate of drug-likeness (QED) is 0.0222. The summed E-state index contributed by atoms with van der Waals surface area (Å²) in [6, 6.07) is 0. The molecule has 19 heteroatoms. The molecule has 0 aromatic rings. The molecule has 5 atom stereocenters. The highest BCUT2D eigenvalue weighted by atomic mass is 31.2. The van der Waals surface area contributed by atoms with E-state index in [4.69, 9.17) is 37.0 Å². The molecule has 0 amide bonds. The maximum atomic E-state index is 13.1. The average Bonchev–Trinajstić information content (AvgIpc) is 0.936. The van der Waals surface area contributed by atoms with Crippen LogP contribution in [0.4, 0.5) is 0 Å². The van der Waals surface area contributed by atoms with Crippen LogP contribution in [0, 0.1) is 17.8 Å².